The molecule has 0 aromatic heterocycles. The van der Waals surface area contributed by atoms with Gasteiger partial charge < -0.3 is 4.90 Å². The smallest absolute Gasteiger partial charge is 0.261 e. The van der Waals surface area contributed by atoms with Crippen molar-refractivity contribution in [2.24, 2.45) is 0 Å². The fourth-order valence-corrected chi connectivity index (χ4v) is 6.85. The van der Waals surface area contributed by atoms with Crippen LogP contribution in [0.5, 0.6) is 0 Å². The van der Waals surface area contributed by atoms with E-state index in [0.29, 0.717) is 35.3 Å². The maximum Gasteiger partial charge on any atom is 0.261 e. The van der Waals surface area contributed by atoms with Crippen molar-refractivity contribution >= 4 is 39.6 Å². The molecule has 8 heteroatoms. The van der Waals surface area contributed by atoms with Gasteiger partial charge in [0.05, 0.1) is 22.3 Å². The molecule has 4 amide bonds. The van der Waals surface area contributed by atoms with E-state index in [2.05, 4.69) is 20.8 Å². The Hall–Kier alpha value is -2.84. The van der Waals surface area contributed by atoms with Crippen molar-refractivity contribution in [3.05, 3.63) is 70.8 Å². The molecule has 0 bridgehead atoms. The van der Waals surface area contributed by atoms with Crippen LogP contribution in [-0.4, -0.2) is 76.4 Å². The SMILES string of the molecule is O=C1c2ccccc2C(=O)N1CCCCCCCCBr.O=C1c2ccccc2C(=O)N1CCCCCCCCN1CCCCC1. The number of likely N-dealkylation sites (tertiary alicyclic amines) is 1. The fourth-order valence-electron chi connectivity index (χ4n) is 6.45. The van der Waals surface area contributed by atoms with Crippen LogP contribution in [0.2, 0.25) is 0 Å². The molecule has 3 aliphatic heterocycles. The molecule has 3 aliphatic rings. The normalized spacial score (nSPS) is 16.2. The summed E-state index contributed by atoms with van der Waals surface area (Å²) in [6, 6.07) is 14.2. The van der Waals surface area contributed by atoms with Crippen molar-refractivity contribution in [3.63, 3.8) is 0 Å². The summed E-state index contributed by atoms with van der Waals surface area (Å²) in [6.07, 6.45) is 18.1. The summed E-state index contributed by atoms with van der Waals surface area (Å²) < 4.78 is 0. The van der Waals surface area contributed by atoms with E-state index in [0.717, 1.165) is 31.0 Å². The molecule has 0 aliphatic carbocycles. The van der Waals surface area contributed by atoms with Crippen LogP contribution < -0.4 is 0 Å². The lowest BCUT2D eigenvalue weighted by Crippen LogP contribution is -2.30. The molecular formula is C37H50BrN3O4. The molecule has 7 nitrogen and oxygen atoms in total. The zero-order valence-corrected chi connectivity index (χ0v) is 28.4. The second-order valence-corrected chi connectivity index (χ2v) is 13.2. The Labute approximate surface area is 277 Å². The monoisotopic (exact) mass is 679 g/mol. The Bertz CT molecular complexity index is 1210. The Kier molecular flexibility index (Phi) is 14.8. The number of rotatable bonds is 17. The fraction of sp³-hybridized carbons (Fsp3) is 0.568. The van der Waals surface area contributed by atoms with Crippen molar-refractivity contribution in [2.75, 3.05) is 38.1 Å². The standard InChI is InChI=1S/C21H30N2O2.C16H20BrNO2/c24-20-18-12-6-7-13-19(18)21(25)23(20)17-11-4-2-1-3-8-14-22-15-9-5-10-16-22;17-11-7-3-1-2-4-8-12-18-15(19)13-9-5-6-10-14(13)16(18)20/h6-7,12-13H,1-5,8-11,14-17H2;5-6,9-10H,1-4,7-8,11-12H2. The van der Waals surface area contributed by atoms with Gasteiger partial charge in [0.2, 0.25) is 0 Å². The summed E-state index contributed by atoms with van der Waals surface area (Å²) in [5, 5.41) is 1.07. The number of hydrogen-bond donors (Lipinski definition) is 0. The summed E-state index contributed by atoms with van der Waals surface area (Å²) in [6.45, 7) is 4.94. The van der Waals surface area contributed by atoms with Crippen LogP contribution in [0.25, 0.3) is 0 Å². The Morgan fingerprint density at radius 2 is 0.778 bits per heavy atom. The van der Waals surface area contributed by atoms with Gasteiger partial charge in [-0.05, 0) is 82.4 Å². The van der Waals surface area contributed by atoms with Crippen molar-refractivity contribution in [1.29, 1.82) is 0 Å². The third-order valence-electron chi connectivity index (χ3n) is 9.08. The van der Waals surface area contributed by atoms with Gasteiger partial charge in [-0.1, -0.05) is 98.0 Å². The predicted octanol–water partition coefficient (Wildman–Crippen LogP) is 8.13. The van der Waals surface area contributed by atoms with Crippen molar-refractivity contribution in [2.45, 2.75) is 96.3 Å². The highest BCUT2D eigenvalue weighted by atomic mass is 79.9. The summed E-state index contributed by atoms with van der Waals surface area (Å²) in [7, 11) is 0. The topological polar surface area (TPSA) is 78.0 Å². The second kappa shape index (κ2) is 19.0. The van der Waals surface area contributed by atoms with E-state index in [-0.39, 0.29) is 23.6 Å². The predicted molar refractivity (Wildman–Crippen MR) is 183 cm³/mol. The number of alkyl halides is 1. The van der Waals surface area contributed by atoms with Gasteiger partial charge in [0.25, 0.3) is 23.6 Å². The number of carbonyl (C=O) groups is 4. The Morgan fingerprint density at radius 1 is 0.444 bits per heavy atom. The van der Waals surface area contributed by atoms with E-state index in [4.69, 9.17) is 0 Å². The van der Waals surface area contributed by atoms with Crippen molar-refractivity contribution in [1.82, 2.24) is 14.7 Å². The number of nitrogens with zero attached hydrogens (tertiary/aromatic N) is 3. The zero-order chi connectivity index (χ0) is 31.9. The maximum absolute atomic E-state index is 12.3. The molecule has 2 aromatic rings. The average Bonchev–Trinajstić information content (AvgIpc) is 3.46. The van der Waals surface area contributed by atoms with E-state index in [1.165, 1.54) is 100 Å². The lowest BCUT2D eigenvalue weighted by atomic mass is 10.1. The number of hydrogen-bond acceptors (Lipinski definition) is 5. The first-order chi connectivity index (χ1) is 22.0. The molecular weight excluding hydrogens is 630 g/mol. The van der Waals surface area contributed by atoms with Crippen LogP contribution in [0.3, 0.4) is 0 Å². The molecule has 0 N–H and O–H groups in total. The third kappa shape index (κ3) is 10.1. The van der Waals surface area contributed by atoms with Crippen LogP contribution >= 0.6 is 15.9 Å². The number of imide groups is 2. The molecule has 0 spiro atoms. The molecule has 244 valence electrons. The first-order valence-electron chi connectivity index (χ1n) is 17.2. The summed E-state index contributed by atoms with van der Waals surface area (Å²) >= 11 is 3.42. The maximum atomic E-state index is 12.3. The number of carbonyl (C=O) groups excluding carboxylic acids is 4. The summed E-state index contributed by atoms with van der Waals surface area (Å²) in [4.78, 5) is 54.2. The molecule has 0 unspecified atom stereocenters. The van der Waals surface area contributed by atoms with Gasteiger partial charge >= 0.3 is 0 Å². The van der Waals surface area contributed by atoms with Gasteiger partial charge in [0, 0.05) is 18.4 Å². The van der Waals surface area contributed by atoms with Crippen LogP contribution in [-0.2, 0) is 0 Å². The average molecular weight is 681 g/mol. The highest BCUT2D eigenvalue weighted by Gasteiger charge is 2.35. The van der Waals surface area contributed by atoms with Crippen LogP contribution in [0, 0.1) is 0 Å². The largest absolute Gasteiger partial charge is 0.303 e. The number of fused-ring (bicyclic) bond motifs is 2. The molecule has 0 saturated carbocycles. The number of piperidine rings is 1. The van der Waals surface area contributed by atoms with Gasteiger partial charge in [-0.2, -0.15) is 0 Å². The minimum absolute atomic E-state index is 0.123. The molecule has 0 radical (unpaired) electrons. The minimum atomic E-state index is -0.134. The molecule has 1 saturated heterocycles. The first kappa shape index (κ1) is 35.0. The van der Waals surface area contributed by atoms with Crippen molar-refractivity contribution < 1.29 is 19.2 Å². The first-order valence-corrected chi connectivity index (χ1v) is 18.3. The van der Waals surface area contributed by atoms with Gasteiger partial charge in [0.15, 0.2) is 0 Å². The molecule has 0 atom stereocenters. The number of halogens is 1. The van der Waals surface area contributed by atoms with Crippen LogP contribution in [0.15, 0.2) is 48.5 Å². The molecule has 1 fully saturated rings. The summed E-state index contributed by atoms with van der Waals surface area (Å²) in [5.74, 6) is -0.515. The molecule has 5 rings (SSSR count). The van der Waals surface area contributed by atoms with Crippen molar-refractivity contribution in [3.8, 4) is 0 Å². The van der Waals surface area contributed by atoms with E-state index in [1.807, 2.05) is 12.1 Å². The molecule has 45 heavy (non-hydrogen) atoms. The minimum Gasteiger partial charge on any atom is -0.303 e. The number of amides is 4. The lowest BCUT2D eigenvalue weighted by molar-refractivity contribution is 0.0636. The highest BCUT2D eigenvalue weighted by Crippen LogP contribution is 2.24. The third-order valence-corrected chi connectivity index (χ3v) is 9.64. The van der Waals surface area contributed by atoms with Gasteiger partial charge in [-0.15, -0.1) is 0 Å². The second-order valence-electron chi connectivity index (χ2n) is 12.4. The van der Waals surface area contributed by atoms with E-state index < -0.39 is 0 Å². The van der Waals surface area contributed by atoms with E-state index >= 15 is 0 Å². The Morgan fingerprint density at radius 3 is 1.16 bits per heavy atom. The quantitative estimate of drug-likeness (QED) is 0.0959. The zero-order valence-electron chi connectivity index (χ0n) is 26.8. The summed E-state index contributed by atoms with van der Waals surface area (Å²) in [5.41, 5.74) is 2.22. The van der Waals surface area contributed by atoms with Gasteiger partial charge in [-0.3, -0.25) is 29.0 Å². The van der Waals surface area contributed by atoms with Crippen LogP contribution in [0.4, 0.5) is 0 Å². The van der Waals surface area contributed by atoms with Crippen LogP contribution in [0.1, 0.15) is 138 Å². The number of benzene rings is 2. The van der Waals surface area contributed by atoms with E-state index in [9.17, 15) is 19.2 Å². The molecule has 3 heterocycles. The van der Waals surface area contributed by atoms with Gasteiger partial charge in [0.1, 0.15) is 0 Å². The highest BCUT2D eigenvalue weighted by molar-refractivity contribution is 9.09. The van der Waals surface area contributed by atoms with Gasteiger partial charge in [-0.25, -0.2) is 0 Å². The molecule has 2 aromatic carbocycles. The Balaban J connectivity index is 0.000000210. The van der Waals surface area contributed by atoms with E-state index in [1.54, 1.807) is 36.4 Å². The lowest BCUT2D eigenvalue weighted by Gasteiger charge is -2.26. The number of unbranched alkanes of at least 4 members (excludes halogenated alkanes) is 10.